The Balaban J connectivity index is 1.78. The molecule has 132 valence electrons. The highest BCUT2D eigenvalue weighted by molar-refractivity contribution is 5.50. The Morgan fingerprint density at radius 3 is 2.85 bits per heavy atom. The zero-order chi connectivity index (χ0) is 18.1. The summed E-state index contributed by atoms with van der Waals surface area (Å²) >= 11 is 0. The number of nitrogens with zero attached hydrogens (tertiary/aromatic N) is 7. The van der Waals surface area contributed by atoms with Crippen molar-refractivity contribution in [3.05, 3.63) is 59.9 Å². The van der Waals surface area contributed by atoms with E-state index in [0.717, 1.165) is 29.9 Å². The van der Waals surface area contributed by atoms with E-state index in [9.17, 15) is 4.39 Å². The molecule has 0 amide bonds. The molecule has 4 heterocycles. The van der Waals surface area contributed by atoms with Crippen LogP contribution in [0.2, 0.25) is 0 Å². The summed E-state index contributed by atoms with van der Waals surface area (Å²) in [5, 5.41) is 4.48. The fourth-order valence-electron chi connectivity index (χ4n) is 3.03. The van der Waals surface area contributed by atoms with Gasteiger partial charge in [0.15, 0.2) is 17.3 Å². The van der Waals surface area contributed by atoms with Gasteiger partial charge in [-0.15, -0.1) is 0 Å². The number of halogens is 1. The van der Waals surface area contributed by atoms with Crippen LogP contribution in [0.5, 0.6) is 0 Å². The molecule has 0 saturated carbocycles. The molecular formula is C18H18FN7. The summed E-state index contributed by atoms with van der Waals surface area (Å²) in [6, 6.07) is 2.94. The summed E-state index contributed by atoms with van der Waals surface area (Å²) in [5.74, 6) is 0.784. The van der Waals surface area contributed by atoms with Crippen LogP contribution in [-0.2, 0) is 13.0 Å². The monoisotopic (exact) mass is 351 g/mol. The molecule has 7 nitrogen and oxygen atoms in total. The van der Waals surface area contributed by atoms with Crippen molar-refractivity contribution in [3.8, 4) is 11.5 Å². The average Bonchev–Trinajstić information content (AvgIpc) is 3.23. The first-order chi connectivity index (χ1) is 12.7. The molecule has 0 spiro atoms. The van der Waals surface area contributed by atoms with Gasteiger partial charge >= 0.3 is 0 Å². The van der Waals surface area contributed by atoms with Crippen LogP contribution in [0.4, 0.5) is 4.39 Å². The molecule has 4 aromatic rings. The summed E-state index contributed by atoms with van der Waals surface area (Å²) in [5.41, 5.74) is 2.83. The van der Waals surface area contributed by atoms with Gasteiger partial charge in [0.2, 0.25) is 0 Å². The second-order valence-electron chi connectivity index (χ2n) is 6.04. The lowest BCUT2D eigenvalue weighted by molar-refractivity contribution is 0.620. The summed E-state index contributed by atoms with van der Waals surface area (Å²) in [7, 11) is 0. The van der Waals surface area contributed by atoms with Crippen LogP contribution < -0.4 is 0 Å². The molecule has 0 aliphatic carbocycles. The fraction of sp³-hybridized carbons (Fsp3) is 0.278. The SMILES string of the molecule is CCCc1c(Cn2ccnc2-c2ncccc2F)ncc2nc(C)nn12. The zero-order valence-electron chi connectivity index (χ0n) is 14.6. The van der Waals surface area contributed by atoms with Crippen LogP contribution in [0.3, 0.4) is 0 Å². The highest BCUT2D eigenvalue weighted by atomic mass is 19.1. The Hall–Kier alpha value is -3.16. The van der Waals surface area contributed by atoms with Gasteiger partial charge in [-0.1, -0.05) is 13.3 Å². The summed E-state index contributed by atoms with van der Waals surface area (Å²) in [6.07, 6.45) is 8.50. The Bertz CT molecular complexity index is 1070. The number of pyridine rings is 1. The normalized spacial score (nSPS) is 11.3. The number of aryl methyl sites for hydroxylation is 2. The number of imidazole rings is 1. The minimum absolute atomic E-state index is 0.229. The van der Waals surface area contributed by atoms with E-state index in [0.29, 0.717) is 18.2 Å². The maximum Gasteiger partial charge on any atom is 0.174 e. The predicted octanol–water partition coefficient (Wildman–Crippen LogP) is 2.83. The zero-order valence-corrected chi connectivity index (χ0v) is 14.6. The van der Waals surface area contributed by atoms with Crippen molar-refractivity contribution in [2.24, 2.45) is 0 Å². The first kappa shape index (κ1) is 16.3. The van der Waals surface area contributed by atoms with E-state index in [1.54, 1.807) is 30.9 Å². The molecule has 0 atom stereocenters. The molecule has 0 aliphatic rings. The summed E-state index contributed by atoms with van der Waals surface area (Å²) in [4.78, 5) is 17.4. The van der Waals surface area contributed by atoms with E-state index >= 15 is 0 Å². The third kappa shape index (κ3) is 2.83. The standard InChI is InChI=1S/C18H18FN7/c1-3-5-15-14(22-10-16-23-12(2)24-26(15)16)11-25-9-8-21-18(25)17-13(19)6-4-7-20-17/h4,6-10H,3,5,11H2,1-2H3. The number of hydrogen-bond acceptors (Lipinski definition) is 5. The maximum atomic E-state index is 14.1. The molecule has 0 saturated heterocycles. The van der Waals surface area contributed by atoms with Crippen molar-refractivity contribution in [3.63, 3.8) is 0 Å². The summed E-state index contributed by atoms with van der Waals surface area (Å²) in [6.45, 7) is 4.42. The molecule has 0 N–H and O–H groups in total. The minimum Gasteiger partial charge on any atom is -0.324 e. The fourth-order valence-corrected chi connectivity index (χ4v) is 3.03. The Kier molecular flexibility index (Phi) is 4.16. The number of aromatic nitrogens is 7. The van der Waals surface area contributed by atoms with Gasteiger partial charge in [0, 0.05) is 18.6 Å². The van der Waals surface area contributed by atoms with Gasteiger partial charge in [-0.2, -0.15) is 5.10 Å². The maximum absolute atomic E-state index is 14.1. The van der Waals surface area contributed by atoms with Crippen LogP contribution in [0.25, 0.3) is 17.2 Å². The van der Waals surface area contributed by atoms with Crippen LogP contribution in [0.15, 0.2) is 36.9 Å². The molecule has 0 aromatic carbocycles. The van der Waals surface area contributed by atoms with E-state index in [1.807, 2.05) is 16.0 Å². The van der Waals surface area contributed by atoms with Gasteiger partial charge in [0.25, 0.3) is 0 Å². The predicted molar refractivity (Wildman–Crippen MR) is 94.0 cm³/mol. The van der Waals surface area contributed by atoms with Crippen molar-refractivity contribution < 1.29 is 4.39 Å². The third-order valence-corrected chi connectivity index (χ3v) is 4.16. The smallest absolute Gasteiger partial charge is 0.174 e. The molecule has 0 fully saturated rings. The van der Waals surface area contributed by atoms with E-state index < -0.39 is 5.82 Å². The van der Waals surface area contributed by atoms with E-state index in [4.69, 9.17) is 0 Å². The lowest BCUT2D eigenvalue weighted by Crippen LogP contribution is -2.11. The largest absolute Gasteiger partial charge is 0.324 e. The van der Waals surface area contributed by atoms with Gasteiger partial charge in [-0.3, -0.25) is 4.98 Å². The number of rotatable bonds is 5. The van der Waals surface area contributed by atoms with Crippen molar-refractivity contribution in [2.75, 3.05) is 0 Å². The number of hydrogen-bond donors (Lipinski definition) is 0. The molecule has 8 heteroatoms. The topological polar surface area (TPSA) is 73.8 Å². The lowest BCUT2D eigenvalue weighted by atomic mass is 10.2. The van der Waals surface area contributed by atoms with Crippen LogP contribution >= 0.6 is 0 Å². The molecule has 4 rings (SSSR count). The van der Waals surface area contributed by atoms with Crippen molar-refractivity contribution in [1.82, 2.24) is 34.1 Å². The Morgan fingerprint density at radius 2 is 2.04 bits per heavy atom. The molecule has 0 unspecified atom stereocenters. The van der Waals surface area contributed by atoms with Crippen LogP contribution in [0.1, 0.15) is 30.6 Å². The van der Waals surface area contributed by atoms with Crippen LogP contribution in [-0.4, -0.2) is 34.1 Å². The Morgan fingerprint density at radius 1 is 1.15 bits per heavy atom. The lowest BCUT2D eigenvalue weighted by Gasteiger charge is -2.12. The summed E-state index contributed by atoms with van der Waals surface area (Å²) < 4.78 is 17.8. The van der Waals surface area contributed by atoms with Crippen molar-refractivity contribution in [2.45, 2.75) is 33.2 Å². The third-order valence-electron chi connectivity index (χ3n) is 4.16. The highest BCUT2D eigenvalue weighted by Gasteiger charge is 2.16. The van der Waals surface area contributed by atoms with Gasteiger partial charge in [-0.05, 0) is 25.5 Å². The van der Waals surface area contributed by atoms with Gasteiger partial charge in [-0.25, -0.2) is 23.9 Å². The second-order valence-corrected chi connectivity index (χ2v) is 6.04. The number of fused-ring (bicyclic) bond motifs is 1. The average molecular weight is 351 g/mol. The van der Waals surface area contributed by atoms with E-state index in [-0.39, 0.29) is 5.69 Å². The Labute approximate surface area is 149 Å². The molecule has 4 aromatic heterocycles. The van der Waals surface area contributed by atoms with Gasteiger partial charge < -0.3 is 4.57 Å². The van der Waals surface area contributed by atoms with Crippen LogP contribution in [0, 0.1) is 12.7 Å². The molecule has 0 bridgehead atoms. The molecular weight excluding hydrogens is 333 g/mol. The minimum atomic E-state index is -0.399. The quantitative estimate of drug-likeness (QED) is 0.553. The highest BCUT2D eigenvalue weighted by Crippen LogP contribution is 2.20. The molecule has 26 heavy (non-hydrogen) atoms. The van der Waals surface area contributed by atoms with Crippen molar-refractivity contribution in [1.29, 1.82) is 0 Å². The van der Waals surface area contributed by atoms with E-state index in [2.05, 4.69) is 32.0 Å². The second kappa shape index (κ2) is 6.62. The molecule has 0 aliphatic heterocycles. The van der Waals surface area contributed by atoms with Gasteiger partial charge in [0.05, 0.1) is 24.1 Å². The van der Waals surface area contributed by atoms with Gasteiger partial charge in [0.1, 0.15) is 11.5 Å². The van der Waals surface area contributed by atoms with E-state index in [1.165, 1.54) is 6.07 Å². The van der Waals surface area contributed by atoms with Crippen molar-refractivity contribution >= 4 is 5.65 Å². The first-order valence-electron chi connectivity index (χ1n) is 8.49. The first-order valence-corrected chi connectivity index (χ1v) is 8.49. The molecule has 0 radical (unpaired) electrons.